The number of carbonyl (C=O) groups excluding carboxylic acids is 1. The second-order valence-electron chi connectivity index (χ2n) is 8.69. The predicted molar refractivity (Wildman–Crippen MR) is 126 cm³/mol. The quantitative estimate of drug-likeness (QED) is 0.603. The van der Waals surface area contributed by atoms with Gasteiger partial charge < -0.3 is 10.1 Å². The molecule has 1 fully saturated rings. The molecule has 6 nitrogen and oxygen atoms in total. The highest BCUT2D eigenvalue weighted by atomic mass is 35.5. The SMILES string of the molecule is Cc1ccc(S(=O)(=O)N2CCCCC2CCNC(=O)C(C)(C)Oc2ccc(Cl)cc2)cc1. The average molecular weight is 479 g/mol. The van der Waals surface area contributed by atoms with Crippen molar-refractivity contribution in [3.8, 4) is 5.75 Å². The first-order chi connectivity index (χ1) is 15.1. The van der Waals surface area contributed by atoms with Crippen molar-refractivity contribution in [1.82, 2.24) is 9.62 Å². The van der Waals surface area contributed by atoms with Crippen LogP contribution in [0.3, 0.4) is 0 Å². The summed E-state index contributed by atoms with van der Waals surface area (Å²) in [5.41, 5.74) is -0.0566. The van der Waals surface area contributed by atoms with Gasteiger partial charge in [-0.25, -0.2) is 8.42 Å². The first kappa shape index (κ1) is 24.6. The third kappa shape index (κ3) is 6.03. The first-order valence-corrected chi connectivity index (χ1v) is 12.7. The molecular weight excluding hydrogens is 448 g/mol. The lowest BCUT2D eigenvalue weighted by molar-refractivity contribution is -0.134. The maximum atomic E-state index is 13.2. The van der Waals surface area contributed by atoms with Crippen LogP contribution in [0.1, 0.15) is 45.1 Å². The van der Waals surface area contributed by atoms with Crippen LogP contribution < -0.4 is 10.1 Å². The molecule has 0 aliphatic carbocycles. The van der Waals surface area contributed by atoms with Crippen molar-refractivity contribution in [3.63, 3.8) is 0 Å². The molecule has 1 aliphatic heterocycles. The Morgan fingerprint density at radius 3 is 2.44 bits per heavy atom. The lowest BCUT2D eigenvalue weighted by Gasteiger charge is -2.35. The van der Waals surface area contributed by atoms with Crippen LogP contribution in [0, 0.1) is 6.92 Å². The number of hydrogen-bond donors (Lipinski definition) is 1. The van der Waals surface area contributed by atoms with Crippen LogP contribution in [0.25, 0.3) is 0 Å². The molecule has 1 unspecified atom stereocenters. The van der Waals surface area contributed by atoms with Gasteiger partial charge in [-0.3, -0.25) is 4.79 Å². The number of aryl methyl sites for hydroxylation is 1. The van der Waals surface area contributed by atoms with Crippen molar-refractivity contribution in [1.29, 1.82) is 0 Å². The Morgan fingerprint density at radius 1 is 1.12 bits per heavy atom. The van der Waals surface area contributed by atoms with E-state index >= 15 is 0 Å². The molecule has 0 aromatic heterocycles. The van der Waals surface area contributed by atoms with E-state index in [2.05, 4.69) is 5.32 Å². The van der Waals surface area contributed by atoms with Crippen molar-refractivity contribution < 1.29 is 17.9 Å². The largest absolute Gasteiger partial charge is 0.478 e. The molecule has 3 rings (SSSR count). The van der Waals surface area contributed by atoms with Crippen LogP contribution >= 0.6 is 11.6 Å². The van der Waals surface area contributed by atoms with Gasteiger partial charge in [0.2, 0.25) is 10.0 Å². The fourth-order valence-corrected chi connectivity index (χ4v) is 5.68. The summed E-state index contributed by atoms with van der Waals surface area (Å²) in [7, 11) is -3.57. The predicted octanol–water partition coefficient (Wildman–Crippen LogP) is 4.56. The normalized spacial score (nSPS) is 17.7. The molecule has 0 saturated carbocycles. The summed E-state index contributed by atoms with van der Waals surface area (Å²) in [5, 5.41) is 3.50. The van der Waals surface area contributed by atoms with Gasteiger partial charge in [0.05, 0.1) is 4.90 Å². The van der Waals surface area contributed by atoms with Gasteiger partial charge >= 0.3 is 0 Å². The van der Waals surface area contributed by atoms with Crippen LogP contribution in [0.15, 0.2) is 53.4 Å². The van der Waals surface area contributed by atoms with Gasteiger partial charge in [0.15, 0.2) is 5.60 Å². The number of benzene rings is 2. The number of rotatable bonds is 8. The van der Waals surface area contributed by atoms with E-state index in [1.165, 1.54) is 0 Å². The van der Waals surface area contributed by atoms with Gasteiger partial charge in [-0.15, -0.1) is 0 Å². The zero-order valence-corrected chi connectivity index (χ0v) is 20.4. The third-order valence-electron chi connectivity index (χ3n) is 5.70. The zero-order chi connectivity index (χ0) is 23.4. The zero-order valence-electron chi connectivity index (χ0n) is 18.8. The molecule has 1 saturated heterocycles. The van der Waals surface area contributed by atoms with E-state index in [1.54, 1.807) is 54.6 Å². The van der Waals surface area contributed by atoms with Gasteiger partial charge in [0.1, 0.15) is 5.75 Å². The summed E-state index contributed by atoms with van der Waals surface area (Å²) < 4.78 is 33.8. The van der Waals surface area contributed by atoms with Gasteiger partial charge in [0.25, 0.3) is 5.91 Å². The molecule has 0 radical (unpaired) electrons. The summed E-state index contributed by atoms with van der Waals surface area (Å²) in [4.78, 5) is 13.0. The number of carbonyl (C=O) groups is 1. The Labute approximate surface area is 196 Å². The van der Waals surface area contributed by atoms with Gasteiger partial charge in [0, 0.05) is 24.2 Å². The molecule has 1 atom stereocenters. The van der Waals surface area contributed by atoms with Crippen LogP contribution in [0.4, 0.5) is 0 Å². The van der Waals surface area contributed by atoms with E-state index in [0.717, 1.165) is 24.8 Å². The van der Waals surface area contributed by atoms with E-state index in [-0.39, 0.29) is 11.9 Å². The lowest BCUT2D eigenvalue weighted by atomic mass is 10.0. The van der Waals surface area contributed by atoms with Crippen LogP contribution in [0.5, 0.6) is 5.75 Å². The van der Waals surface area contributed by atoms with E-state index in [1.807, 2.05) is 19.1 Å². The minimum atomic E-state index is -3.57. The van der Waals surface area contributed by atoms with Crippen molar-refractivity contribution in [2.45, 2.75) is 63.0 Å². The number of amides is 1. The molecule has 2 aromatic rings. The fraction of sp³-hybridized carbons (Fsp3) is 0.458. The van der Waals surface area contributed by atoms with Crippen molar-refractivity contribution >= 4 is 27.5 Å². The Morgan fingerprint density at radius 2 is 1.78 bits per heavy atom. The second-order valence-corrected chi connectivity index (χ2v) is 11.0. The molecule has 174 valence electrons. The van der Waals surface area contributed by atoms with Gasteiger partial charge in [-0.1, -0.05) is 35.7 Å². The summed E-state index contributed by atoms with van der Waals surface area (Å²) in [6.45, 7) is 6.20. The smallest absolute Gasteiger partial charge is 0.263 e. The Hall–Kier alpha value is -2.09. The van der Waals surface area contributed by atoms with Gasteiger partial charge in [-0.2, -0.15) is 4.31 Å². The molecule has 1 heterocycles. The number of nitrogens with zero attached hydrogens (tertiary/aromatic N) is 1. The molecule has 0 bridgehead atoms. The molecule has 1 N–H and O–H groups in total. The molecule has 0 spiro atoms. The number of hydrogen-bond acceptors (Lipinski definition) is 4. The number of nitrogens with one attached hydrogen (secondary N) is 1. The number of halogens is 1. The maximum Gasteiger partial charge on any atom is 0.263 e. The van der Waals surface area contributed by atoms with E-state index in [9.17, 15) is 13.2 Å². The first-order valence-electron chi connectivity index (χ1n) is 10.9. The summed E-state index contributed by atoms with van der Waals surface area (Å²) in [6.07, 6.45) is 3.15. The Balaban J connectivity index is 1.60. The Kier molecular flexibility index (Phi) is 7.85. The lowest BCUT2D eigenvalue weighted by Crippen LogP contribution is -2.49. The van der Waals surface area contributed by atoms with Crippen molar-refractivity contribution in [2.75, 3.05) is 13.1 Å². The molecule has 1 amide bonds. The molecule has 32 heavy (non-hydrogen) atoms. The monoisotopic (exact) mass is 478 g/mol. The summed E-state index contributed by atoms with van der Waals surface area (Å²) in [6, 6.07) is 13.7. The topological polar surface area (TPSA) is 75.7 Å². The molecule has 1 aliphatic rings. The van der Waals surface area contributed by atoms with Crippen LogP contribution in [-0.2, 0) is 14.8 Å². The summed E-state index contributed by atoms with van der Waals surface area (Å²) >= 11 is 5.90. The molecular formula is C24H31ClN2O4S. The minimum Gasteiger partial charge on any atom is -0.478 e. The van der Waals surface area contributed by atoms with E-state index in [4.69, 9.17) is 16.3 Å². The maximum absolute atomic E-state index is 13.2. The standard InChI is InChI=1S/C24H31ClN2O4S/c1-18-7-13-22(14-8-18)32(29,30)27-17-5-4-6-20(27)15-16-26-23(28)24(2,3)31-21-11-9-19(25)10-12-21/h7-14,20H,4-6,15-17H2,1-3H3,(H,26,28). The van der Waals surface area contributed by atoms with Crippen LogP contribution in [0.2, 0.25) is 5.02 Å². The average Bonchev–Trinajstić information content (AvgIpc) is 2.75. The highest BCUT2D eigenvalue weighted by Crippen LogP contribution is 2.27. The number of piperidine rings is 1. The molecule has 2 aromatic carbocycles. The second kappa shape index (κ2) is 10.2. The van der Waals surface area contributed by atoms with Crippen molar-refractivity contribution in [3.05, 3.63) is 59.1 Å². The summed E-state index contributed by atoms with van der Waals surface area (Å²) in [5.74, 6) is 0.299. The minimum absolute atomic E-state index is 0.143. The molecule has 8 heteroatoms. The van der Waals surface area contributed by atoms with Gasteiger partial charge in [-0.05, 0) is 76.4 Å². The highest BCUT2D eigenvalue weighted by molar-refractivity contribution is 7.89. The number of ether oxygens (including phenoxy) is 1. The number of sulfonamides is 1. The third-order valence-corrected chi connectivity index (χ3v) is 7.92. The van der Waals surface area contributed by atoms with E-state index in [0.29, 0.717) is 35.2 Å². The van der Waals surface area contributed by atoms with E-state index < -0.39 is 15.6 Å². The fourth-order valence-electron chi connectivity index (χ4n) is 3.83. The highest BCUT2D eigenvalue weighted by Gasteiger charge is 2.34. The van der Waals surface area contributed by atoms with Crippen LogP contribution in [-0.4, -0.2) is 43.4 Å². The van der Waals surface area contributed by atoms with Crippen molar-refractivity contribution in [2.24, 2.45) is 0 Å². The Bertz CT molecular complexity index is 1020.